The second-order valence-electron chi connectivity index (χ2n) is 7.54. The van der Waals surface area contributed by atoms with Crippen LogP contribution in [0, 0.1) is 27.7 Å². The van der Waals surface area contributed by atoms with Gasteiger partial charge in [-0.1, -0.05) is 6.07 Å². The molecule has 7 nitrogen and oxygen atoms in total. The largest absolute Gasteiger partial charge is 0.504 e. The number of anilines is 1. The first-order chi connectivity index (χ1) is 14.8. The highest BCUT2D eigenvalue weighted by molar-refractivity contribution is 5.82. The number of methoxy groups -OCH3 is 1. The van der Waals surface area contributed by atoms with Crippen LogP contribution >= 0.6 is 0 Å². The Morgan fingerprint density at radius 1 is 0.968 bits per heavy atom. The summed E-state index contributed by atoms with van der Waals surface area (Å²) >= 11 is 0. The molecule has 0 atom stereocenters. The molecule has 31 heavy (non-hydrogen) atoms. The van der Waals surface area contributed by atoms with Crippen LogP contribution in [0.1, 0.15) is 22.5 Å². The van der Waals surface area contributed by atoms with Gasteiger partial charge in [0, 0.05) is 28.4 Å². The molecule has 4 aromatic rings. The highest BCUT2D eigenvalue weighted by Crippen LogP contribution is 2.32. The summed E-state index contributed by atoms with van der Waals surface area (Å²) in [4.78, 5) is 8.79. The topological polar surface area (TPSA) is 92.8 Å². The fourth-order valence-corrected chi connectivity index (χ4v) is 3.57. The third kappa shape index (κ3) is 4.21. The summed E-state index contributed by atoms with van der Waals surface area (Å²) in [5.74, 6) is 1.47. The molecule has 2 N–H and O–H groups in total. The average molecular weight is 416 g/mol. The molecule has 0 amide bonds. The van der Waals surface area contributed by atoms with Gasteiger partial charge >= 0.3 is 0 Å². The fraction of sp³-hybridized carbons (Fsp3) is 0.208. The number of rotatable bonds is 4. The van der Waals surface area contributed by atoms with E-state index in [1.807, 2.05) is 45.9 Å². The van der Waals surface area contributed by atoms with Crippen molar-refractivity contribution in [1.82, 2.24) is 9.97 Å². The van der Waals surface area contributed by atoms with E-state index in [-0.39, 0.29) is 5.75 Å². The van der Waals surface area contributed by atoms with Gasteiger partial charge in [0.25, 0.3) is 0 Å². The maximum Gasteiger partial charge on any atom is 0.243 e. The van der Waals surface area contributed by atoms with E-state index < -0.39 is 0 Å². The van der Waals surface area contributed by atoms with E-state index in [1.165, 1.54) is 7.11 Å². The lowest BCUT2D eigenvalue weighted by atomic mass is 10.1. The van der Waals surface area contributed by atoms with Crippen molar-refractivity contribution in [2.24, 2.45) is 5.10 Å². The Morgan fingerprint density at radius 2 is 1.71 bits per heavy atom. The number of nitrogens with one attached hydrogen (secondary N) is 1. The predicted octanol–water partition coefficient (Wildman–Crippen LogP) is 4.77. The minimum atomic E-state index is 0.0670. The minimum Gasteiger partial charge on any atom is -0.504 e. The van der Waals surface area contributed by atoms with E-state index in [0.29, 0.717) is 22.8 Å². The molecular formula is C24H24N4O3. The van der Waals surface area contributed by atoms with Crippen LogP contribution in [0.5, 0.6) is 11.5 Å². The molecule has 2 heterocycles. The Morgan fingerprint density at radius 3 is 2.42 bits per heavy atom. The Hall–Kier alpha value is -3.87. The first-order valence-electron chi connectivity index (χ1n) is 9.88. The van der Waals surface area contributed by atoms with Gasteiger partial charge in [0.05, 0.1) is 12.5 Å². The monoisotopic (exact) mass is 416 g/mol. The molecule has 7 heteroatoms. The van der Waals surface area contributed by atoms with Gasteiger partial charge in [0.1, 0.15) is 11.3 Å². The zero-order valence-electron chi connectivity index (χ0n) is 18.1. The van der Waals surface area contributed by atoms with Crippen LogP contribution in [-0.2, 0) is 0 Å². The second-order valence-corrected chi connectivity index (χ2v) is 7.54. The van der Waals surface area contributed by atoms with Gasteiger partial charge in [-0.25, -0.2) is 15.4 Å². The van der Waals surface area contributed by atoms with Crippen molar-refractivity contribution in [1.29, 1.82) is 0 Å². The maximum absolute atomic E-state index is 9.94. The van der Waals surface area contributed by atoms with Crippen molar-refractivity contribution in [2.45, 2.75) is 27.7 Å². The molecule has 0 saturated carbocycles. The lowest BCUT2D eigenvalue weighted by Gasteiger charge is -2.10. The summed E-state index contributed by atoms with van der Waals surface area (Å²) in [6.07, 6.45) is 0. The van der Waals surface area contributed by atoms with E-state index in [0.717, 1.165) is 39.0 Å². The number of phenolic OH excluding ortho intramolecular Hbond substituents is 1. The smallest absolute Gasteiger partial charge is 0.243 e. The standard InChI is InChI=1S/C24H24N4O3/c1-13-8-14(2)23-18(9-13)19(27-28-24-25-15(3)10-16(4)26-24)12-21(31-23)17-6-7-20(29)22(11-17)30-5/h6-12,29H,1-5H3,(H,25,26,28). The molecule has 0 bridgehead atoms. The highest BCUT2D eigenvalue weighted by atomic mass is 16.5. The van der Waals surface area contributed by atoms with Crippen LogP contribution in [0.2, 0.25) is 0 Å². The predicted molar refractivity (Wildman–Crippen MR) is 120 cm³/mol. The normalized spacial score (nSPS) is 11.7. The molecule has 0 fully saturated rings. The van der Waals surface area contributed by atoms with Crippen molar-refractivity contribution in [3.8, 4) is 22.8 Å². The molecule has 0 unspecified atom stereocenters. The van der Waals surface area contributed by atoms with E-state index >= 15 is 0 Å². The first-order valence-corrected chi connectivity index (χ1v) is 9.88. The van der Waals surface area contributed by atoms with Crippen molar-refractivity contribution in [3.63, 3.8) is 0 Å². The first kappa shape index (κ1) is 20.4. The van der Waals surface area contributed by atoms with Gasteiger partial charge in [-0.05, 0) is 69.2 Å². The van der Waals surface area contributed by atoms with Gasteiger partial charge in [0.15, 0.2) is 11.5 Å². The summed E-state index contributed by atoms with van der Waals surface area (Å²) in [5, 5.41) is 16.1. The molecule has 158 valence electrons. The summed E-state index contributed by atoms with van der Waals surface area (Å²) in [6, 6.07) is 12.9. The van der Waals surface area contributed by atoms with Crippen LogP contribution in [0.25, 0.3) is 22.3 Å². The lowest BCUT2D eigenvalue weighted by Crippen LogP contribution is -2.10. The summed E-state index contributed by atoms with van der Waals surface area (Å²) < 4.78 is 11.5. The number of benzene rings is 2. The molecule has 0 spiro atoms. The van der Waals surface area contributed by atoms with Gasteiger partial charge in [-0.2, -0.15) is 5.10 Å². The summed E-state index contributed by atoms with van der Waals surface area (Å²) in [7, 11) is 1.51. The number of hydrogen-bond acceptors (Lipinski definition) is 7. The number of ether oxygens (including phenoxy) is 1. The molecule has 0 saturated heterocycles. The van der Waals surface area contributed by atoms with Crippen molar-refractivity contribution < 1.29 is 14.3 Å². The summed E-state index contributed by atoms with van der Waals surface area (Å²) in [6.45, 7) is 7.87. The molecule has 0 aliphatic rings. The number of aryl methyl sites for hydroxylation is 4. The van der Waals surface area contributed by atoms with Crippen LogP contribution < -0.4 is 15.5 Å². The Balaban J connectivity index is 1.92. The molecule has 4 rings (SSSR count). The molecular weight excluding hydrogens is 392 g/mol. The SMILES string of the molecule is COc1cc(-c2cc(=NNc3nc(C)cc(C)n3)c3cc(C)cc(C)c3o2)ccc1O. The molecule has 0 aliphatic carbocycles. The summed E-state index contributed by atoms with van der Waals surface area (Å²) in [5.41, 5.74) is 8.31. The van der Waals surface area contributed by atoms with E-state index in [9.17, 15) is 5.11 Å². The van der Waals surface area contributed by atoms with Crippen molar-refractivity contribution >= 4 is 16.9 Å². The number of hydrogen-bond donors (Lipinski definition) is 2. The van der Waals surface area contributed by atoms with Crippen molar-refractivity contribution in [3.05, 3.63) is 70.3 Å². The average Bonchev–Trinajstić information content (AvgIpc) is 2.72. The maximum atomic E-state index is 9.94. The number of aromatic hydroxyl groups is 1. The quantitative estimate of drug-likeness (QED) is 0.466. The molecule has 0 aliphatic heterocycles. The fourth-order valence-electron chi connectivity index (χ4n) is 3.57. The Bertz CT molecular complexity index is 1340. The van der Waals surface area contributed by atoms with E-state index in [4.69, 9.17) is 9.15 Å². The molecule has 2 aromatic carbocycles. The Kier molecular flexibility index (Phi) is 5.33. The van der Waals surface area contributed by atoms with E-state index in [1.54, 1.807) is 18.2 Å². The molecule has 0 radical (unpaired) electrons. The Labute approximate surface area is 180 Å². The number of nitrogens with zero attached hydrogens (tertiary/aromatic N) is 3. The lowest BCUT2D eigenvalue weighted by molar-refractivity contribution is 0.373. The zero-order chi connectivity index (χ0) is 22.1. The number of aromatic nitrogens is 2. The van der Waals surface area contributed by atoms with Crippen LogP contribution in [0.4, 0.5) is 5.95 Å². The third-order valence-corrected chi connectivity index (χ3v) is 4.90. The molecule has 2 aromatic heterocycles. The number of fused-ring (bicyclic) bond motifs is 1. The van der Waals surface area contributed by atoms with Crippen LogP contribution in [-0.4, -0.2) is 22.2 Å². The third-order valence-electron chi connectivity index (χ3n) is 4.90. The van der Waals surface area contributed by atoms with Gasteiger partial charge < -0.3 is 14.3 Å². The van der Waals surface area contributed by atoms with Crippen molar-refractivity contribution in [2.75, 3.05) is 12.5 Å². The zero-order valence-corrected chi connectivity index (χ0v) is 18.1. The van der Waals surface area contributed by atoms with Crippen LogP contribution in [0.15, 0.2) is 52.0 Å². The van der Waals surface area contributed by atoms with Gasteiger partial charge in [-0.3, -0.25) is 0 Å². The van der Waals surface area contributed by atoms with Crippen LogP contribution in [0.3, 0.4) is 0 Å². The second kappa shape index (κ2) is 8.10. The van der Waals surface area contributed by atoms with E-state index in [2.05, 4.69) is 26.6 Å². The minimum absolute atomic E-state index is 0.0670. The number of phenols is 1. The highest BCUT2D eigenvalue weighted by Gasteiger charge is 2.12. The van der Waals surface area contributed by atoms with Gasteiger partial charge in [-0.15, -0.1) is 0 Å². The van der Waals surface area contributed by atoms with Gasteiger partial charge in [0.2, 0.25) is 5.95 Å².